The first kappa shape index (κ1) is 21.2. The van der Waals surface area contributed by atoms with E-state index in [9.17, 15) is 9.18 Å². The predicted molar refractivity (Wildman–Crippen MR) is 117 cm³/mol. The second-order valence-corrected chi connectivity index (χ2v) is 8.18. The van der Waals surface area contributed by atoms with Crippen LogP contribution in [0.3, 0.4) is 0 Å². The largest absolute Gasteiger partial charge is 0.360 e. The highest BCUT2D eigenvalue weighted by molar-refractivity contribution is 6.00. The molecule has 31 heavy (non-hydrogen) atoms. The summed E-state index contributed by atoms with van der Waals surface area (Å²) in [5, 5.41) is 2.87. The van der Waals surface area contributed by atoms with E-state index in [1.807, 2.05) is 30.0 Å². The number of likely N-dealkylation sites (tertiary alicyclic amines) is 1. The third kappa shape index (κ3) is 4.99. The summed E-state index contributed by atoms with van der Waals surface area (Å²) in [5.74, 6) is 0.432. The molecule has 0 aliphatic carbocycles. The van der Waals surface area contributed by atoms with E-state index in [0.717, 1.165) is 24.0 Å². The summed E-state index contributed by atoms with van der Waals surface area (Å²) in [6, 6.07) is 7.70. The van der Waals surface area contributed by atoms with Gasteiger partial charge in [0.15, 0.2) is 5.82 Å². The van der Waals surface area contributed by atoms with Gasteiger partial charge in [0.1, 0.15) is 12.1 Å². The molecule has 2 aliphatic rings. The van der Waals surface area contributed by atoms with Gasteiger partial charge in [0, 0.05) is 42.7 Å². The molecule has 2 aliphatic heterocycles. The minimum absolute atomic E-state index is 0.0101. The number of allylic oxidation sites excluding steroid dienone is 2. The van der Waals surface area contributed by atoms with Gasteiger partial charge in [-0.15, -0.1) is 0 Å². The van der Waals surface area contributed by atoms with Crippen LogP contribution in [0.4, 0.5) is 4.39 Å². The summed E-state index contributed by atoms with van der Waals surface area (Å²) in [4.78, 5) is 24.2. The summed E-state index contributed by atoms with van der Waals surface area (Å²) in [6.45, 7) is 5.17. The number of amides is 1. The van der Waals surface area contributed by atoms with Gasteiger partial charge in [-0.25, -0.2) is 14.4 Å². The SMILES string of the molecule is Cc1ccc(-c2ncccn2)c(C(=O)N2C[C@H](COC3C=CC(F)=CN3)CC[C@H]2C)c1. The van der Waals surface area contributed by atoms with Crippen LogP contribution in [0.5, 0.6) is 0 Å². The fraction of sp³-hybridized carbons (Fsp3) is 0.375. The number of halogens is 1. The van der Waals surface area contributed by atoms with Gasteiger partial charge in [0.2, 0.25) is 0 Å². The van der Waals surface area contributed by atoms with Crippen LogP contribution in [0, 0.1) is 12.8 Å². The summed E-state index contributed by atoms with van der Waals surface area (Å²) >= 11 is 0. The van der Waals surface area contributed by atoms with E-state index < -0.39 is 0 Å². The molecule has 7 heteroatoms. The van der Waals surface area contributed by atoms with Crippen LogP contribution in [0.25, 0.3) is 11.4 Å². The smallest absolute Gasteiger partial charge is 0.254 e. The molecule has 1 aromatic carbocycles. The number of benzene rings is 1. The Balaban J connectivity index is 1.49. The highest BCUT2D eigenvalue weighted by Gasteiger charge is 2.31. The number of rotatable bonds is 5. The molecule has 0 radical (unpaired) electrons. The minimum Gasteiger partial charge on any atom is -0.360 e. The van der Waals surface area contributed by atoms with Gasteiger partial charge in [0.25, 0.3) is 5.91 Å². The molecule has 1 amide bonds. The minimum atomic E-state index is -0.346. The van der Waals surface area contributed by atoms with Crippen LogP contribution < -0.4 is 5.32 Å². The van der Waals surface area contributed by atoms with Crippen LogP contribution >= 0.6 is 0 Å². The molecule has 0 spiro atoms. The van der Waals surface area contributed by atoms with Crippen molar-refractivity contribution in [2.45, 2.75) is 39.0 Å². The molecule has 0 saturated carbocycles. The average molecular weight is 423 g/mol. The highest BCUT2D eigenvalue weighted by Crippen LogP contribution is 2.28. The van der Waals surface area contributed by atoms with Crippen molar-refractivity contribution in [2.24, 2.45) is 5.92 Å². The van der Waals surface area contributed by atoms with Gasteiger partial charge in [-0.3, -0.25) is 4.79 Å². The van der Waals surface area contributed by atoms with Crippen LogP contribution in [0.1, 0.15) is 35.7 Å². The lowest BCUT2D eigenvalue weighted by atomic mass is 9.92. The summed E-state index contributed by atoms with van der Waals surface area (Å²) < 4.78 is 19.0. The molecule has 2 aromatic rings. The summed E-state index contributed by atoms with van der Waals surface area (Å²) in [6.07, 6.45) is 9.26. The molecular weight excluding hydrogens is 395 g/mol. The van der Waals surface area contributed by atoms with Gasteiger partial charge < -0.3 is 15.0 Å². The summed E-state index contributed by atoms with van der Waals surface area (Å²) in [7, 11) is 0. The number of hydrogen-bond acceptors (Lipinski definition) is 5. The molecule has 0 bridgehead atoms. The molecule has 1 aromatic heterocycles. The van der Waals surface area contributed by atoms with E-state index in [2.05, 4.69) is 22.2 Å². The van der Waals surface area contributed by atoms with E-state index in [4.69, 9.17) is 4.74 Å². The fourth-order valence-electron chi connectivity index (χ4n) is 4.01. The Hall–Kier alpha value is -3.06. The molecule has 4 rings (SSSR count). The number of carbonyl (C=O) groups excluding carboxylic acids is 1. The number of aromatic nitrogens is 2. The van der Waals surface area contributed by atoms with Crippen molar-refractivity contribution >= 4 is 5.91 Å². The second kappa shape index (κ2) is 9.39. The Kier molecular flexibility index (Phi) is 6.42. The molecule has 1 N–H and O–H groups in total. The van der Waals surface area contributed by atoms with Gasteiger partial charge >= 0.3 is 0 Å². The number of nitrogens with zero attached hydrogens (tertiary/aromatic N) is 3. The molecule has 3 heterocycles. The van der Waals surface area contributed by atoms with Crippen molar-refractivity contribution in [1.29, 1.82) is 0 Å². The average Bonchev–Trinajstić information content (AvgIpc) is 2.79. The zero-order chi connectivity index (χ0) is 21.8. The predicted octanol–water partition coefficient (Wildman–Crippen LogP) is 4.01. The molecule has 1 fully saturated rings. The van der Waals surface area contributed by atoms with Crippen molar-refractivity contribution in [1.82, 2.24) is 20.2 Å². The van der Waals surface area contributed by atoms with Gasteiger partial charge in [0.05, 0.1) is 12.2 Å². The third-order valence-corrected chi connectivity index (χ3v) is 5.78. The number of aryl methyl sites for hydroxylation is 1. The van der Waals surface area contributed by atoms with E-state index in [0.29, 0.717) is 24.5 Å². The van der Waals surface area contributed by atoms with Gasteiger partial charge in [-0.2, -0.15) is 0 Å². The van der Waals surface area contributed by atoms with Crippen LogP contribution in [-0.2, 0) is 4.74 Å². The van der Waals surface area contributed by atoms with Gasteiger partial charge in [-0.1, -0.05) is 17.7 Å². The maximum Gasteiger partial charge on any atom is 0.254 e. The Morgan fingerprint density at radius 1 is 1.29 bits per heavy atom. The summed E-state index contributed by atoms with van der Waals surface area (Å²) in [5.41, 5.74) is 2.38. The Labute approximate surface area is 181 Å². The normalized spacial score (nSPS) is 23.3. The first-order chi connectivity index (χ1) is 15.0. The second-order valence-electron chi connectivity index (χ2n) is 8.18. The van der Waals surface area contributed by atoms with E-state index >= 15 is 0 Å². The molecule has 1 unspecified atom stereocenters. The van der Waals surface area contributed by atoms with Crippen molar-refractivity contribution in [2.75, 3.05) is 13.2 Å². The van der Waals surface area contributed by atoms with Crippen LogP contribution in [0.15, 0.2) is 60.8 Å². The van der Waals surface area contributed by atoms with E-state index in [1.165, 1.54) is 12.3 Å². The lowest BCUT2D eigenvalue weighted by molar-refractivity contribution is 0.0111. The van der Waals surface area contributed by atoms with Crippen LogP contribution in [0.2, 0.25) is 0 Å². The Morgan fingerprint density at radius 3 is 2.84 bits per heavy atom. The topological polar surface area (TPSA) is 67.4 Å². The lowest BCUT2D eigenvalue weighted by Gasteiger charge is -2.38. The highest BCUT2D eigenvalue weighted by atomic mass is 19.1. The maximum atomic E-state index is 13.6. The third-order valence-electron chi connectivity index (χ3n) is 5.78. The Bertz CT molecular complexity index is 992. The van der Waals surface area contributed by atoms with E-state index in [1.54, 1.807) is 24.5 Å². The first-order valence-electron chi connectivity index (χ1n) is 10.6. The fourth-order valence-corrected chi connectivity index (χ4v) is 4.01. The molecule has 1 saturated heterocycles. The first-order valence-corrected chi connectivity index (χ1v) is 10.6. The maximum absolute atomic E-state index is 13.6. The van der Waals surface area contributed by atoms with Gasteiger partial charge in [-0.05, 0) is 51.0 Å². The number of carbonyl (C=O) groups is 1. The van der Waals surface area contributed by atoms with Crippen molar-refractivity contribution in [3.63, 3.8) is 0 Å². The molecule has 6 nitrogen and oxygen atoms in total. The molecular formula is C24H27FN4O2. The quantitative estimate of drug-likeness (QED) is 0.789. The monoisotopic (exact) mass is 422 g/mol. The lowest BCUT2D eigenvalue weighted by Crippen LogP contribution is -2.47. The zero-order valence-electron chi connectivity index (χ0n) is 17.8. The number of dihydropyridines is 1. The van der Waals surface area contributed by atoms with Crippen molar-refractivity contribution in [3.05, 3.63) is 72.0 Å². The van der Waals surface area contributed by atoms with E-state index in [-0.39, 0.29) is 29.9 Å². The Morgan fingerprint density at radius 2 is 2.10 bits per heavy atom. The zero-order valence-corrected chi connectivity index (χ0v) is 17.8. The molecule has 162 valence electrons. The number of hydrogen-bond donors (Lipinski definition) is 1. The molecule has 3 atom stereocenters. The van der Waals surface area contributed by atoms with Crippen LogP contribution in [-0.4, -0.2) is 46.2 Å². The number of nitrogens with one attached hydrogen (secondary N) is 1. The van der Waals surface area contributed by atoms with Crippen molar-refractivity contribution in [3.8, 4) is 11.4 Å². The standard InChI is InChI=1S/C24H27FN4O2/c1-16-4-8-20(23-26-10-3-11-27-23)21(12-16)24(30)29-14-18(6-5-17(29)2)15-31-22-9-7-19(25)13-28-22/h3-4,7-13,17-18,22,28H,5-6,14-15H2,1-2H3/t17-,18-,22?/m1/s1. The number of ether oxygens (including phenoxy) is 1. The number of piperidine rings is 1. The van der Waals surface area contributed by atoms with Crippen molar-refractivity contribution < 1.29 is 13.9 Å².